The van der Waals surface area contributed by atoms with Crippen molar-refractivity contribution >= 4 is 16.9 Å². The number of carbonyl (C=O) groups excluding carboxylic acids is 1. The highest BCUT2D eigenvalue weighted by atomic mass is 19.4. The van der Waals surface area contributed by atoms with E-state index in [-0.39, 0.29) is 16.5 Å². The Morgan fingerprint density at radius 1 is 1.13 bits per heavy atom. The normalized spacial score (nSPS) is 16.2. The van der Waals surface area contributed by atoms with Gasteiger partial charge in [0.2, 0.25) is 0 Å². The highest BCUT2D eigenvalue weighted by Gasteiger charge is 2.40. The Bertz CT molecular complexity index is 1230. The minimum absolute atomic E-state index is 0.176. The lowest BCUT2D eigenvalue weighted by molar-refractivity contribution is -0.171. The molecule has 13 heteroatoms. The number of hydrogen-bond donors (Lipinski definition) is 1. The third-order valence-corrected chi connectivity index (χ3v) is 6.11. The molecule has 206 valence electrons. The van der Waals surface area contributed by atoms with Crippen LogP contribution in [-0.4, -0.2) is 70.0 Å². The summed E-state index contributed by atoms with van der Waals surface area (Å²) < 4.78 is 85.0. The Morgan fingerprint density at radius 3 is 2.45 bits per heavy atom. The topological polar surface area (TPSA) is 72.3 Å². The molecule has 0 aliphatic carbocycles. The number of benzene rings is 1. The van der Waals surface area contributed by atoms with Gasteiger partial charge in [-0.2, -0.15) is 26.3 Å². The van der Waals surface area contributed by atoms with Crippen LogP contribution in [0.3, 0.4) is 0 Å². The molecule has 4 rings (SSSR count). The van der Waals surface area contributed by atoms with E-state index in [1.54, 1.807) is 18.3 Å². The zero-order valence-corrected chi connectivity index (χ0v) is 20.6. The van der Waals surface area contributed by atoms with Crippen molar-refractivity contribution in [1.29, 1.82) is 0 Å². The first-order chi connectivity index (χ1) is 17.9. The van der Waals surface area contributed by atoms with Crippen LogP contribution in [0.2, 0.25) is 0 Å². The predicted octanol–water partition coefficient (Wildman–Crippen LogP) is 4.74. The van der Waals surface area contributed by atoms with Crippen LogP contribution < -0.4 is 10.1 Å². The average Bonchev–Trinajstić information content (AvgIpc) is 3.46. The molecule has 0 spiro atoms. The number of fused-ring (bicyclic) bond motifs is 1. The minimum atomic E-state index is -4.99. The monoisotopic (exact) mass is 543 g/mol. The third kappa shape index (κ3) is 7.15. The summed E-state index contributed by atoms with van der Waals surface area (Å²) in [5, 5.41) is 3.41. The summed E-state index contributed by atoms with van der Waals surface area (Å²) in [7, 11) is 0. The number of amides is 1. The molecule has 3 aromatic rings. The van der Waals surface area contributed by atoms with E-state index < -0.39 is 31.3 Å². The Kier molecular flexibility index (Phi) is 8.14. The highest BCUT2D eigenvalue weighted by molar-refractivity contribution is 5.97. The first-order valence-corrected chi connectivity index (χ1v) is 12.1. The van der Waals surface area contributed by atoms with Gasteiger partial charge in [-0.25, -0.2) is 4.98 Å². The van der Waals surface area contributed by atoms with Gasteiger partial charge in [-0.05, 0) is 56.6 Å². The third-order valence-electron chi connectivity index (χ3n) is 6.11. The van der Waals surface area contributed by atoms with Crippen molar-refractivity contribution in [2.45, 2.75) is 51.1 Å². The van der Waals surface area contributed by atoms with Crippen LogP contribution in [0, 0.1) is 0 Å². The molecule has 0 radical (unpaired) electrons. The van der Waals surface area contributed by atoms with Crippen molar-refractivity contribution in [1.82, 2.24) is 24.8 Å². The molecular formula is C25H27F6N5O2. The molecule has 38 heavy (non-hydrogen) atoms. The van der Waals surface area contributed by atoms with Gasteiger partial charge in [-0.15, -0.1) is 0 Å². The number of ether oxygens (including phenoxy) is 1. The van der Waals surface area contributed by atoms with Gasteiger partial charge >= 0.3 is 12.4 Å². The van der Waals surface area contributed by atoms with Crippen molar-refractivity contribution < 1.29 is 35.9 Å². The standard InChI is InChI=1S/C25H27F6N5O2/c1-2-38-19-7-6-17(33-12-19)11-22-34-20-10-16(5-8-21(20)36(22)13-18-4-3-9-32-18)23(37)35(14-24(26,27)28)15-25(29,30)31/h5-8,10,12,18,32H,2-4,9,11,13-15H2,1H3/t18-/m1/s1. The number of hydrogen-bond acceptors (Lipinski definition) is 5. The second-order valence-electron chi connectivity index (χ2n) is 9.12. The number of halogens is 6. The predicted molar refractivity (Wildman–Crippen MR) is 127 cm³/mol. The Morgan fingerprint density at radius 2 is 1.87 bits per heavy atom. The van der Waals surface area contributed by atoms with Crippen LogP contribution in [-0.2, 0) is 13.0 Å². The lowest BCUT2D eigenvalue weighted by atomic mass is 10.1. The van der Waals surface area contributed by atoms with Gasteiger partial charge in [0, 0.05) is 30.3 Å². The van der Waals surface area contributed by atoms with Gasteiger partial charge < -0.3 is 19.5 Å². The molecule has 1 amide bonds. The SMILES string of the molecule is CCOc1ccc(Cc2nc3cc(C(=O)N(CC(F)(F)F)CC(F)(F)F)ccc3n2C[C@H]2CCCN2)nc1. The maximum absolute atomic E-state index is 12.9. The summed E-state index contributed by atoms with van der Waals surface area (Å²) in [6, 6.07) is 7.75. The Balaban J connectivity index is 1.67. The molecule has 3 heterocycles. The molecule has 1 fully saturated rings. The zero-order chi connectivity index (χ0) is 27.5. The summed E-state index contributed by atoms with van der Waals surface area (Å²) in [5.41, 5.74) is 1.31. The van der Waals surface area contributed by atoms with Crippen LogP contribution in [0.25, 0.3) is 11.0 Å². The van der Waals surface area contributed by atoms with Gasteiger partial charge in [0.05, 0.1) is 23.8 Å². The van der Waals surface area contributed by atoms with Gasteiger partial charge in [0.1, 0.15) is 24.7 Å². The molecular weight excluding hydrogens is 516 g/mol. The van der Waals surface area contributed by atoms with E-state index in [0.29, 0.717) is 47.9 Å². The second-order valence-corrected chi connectivity index (χ2v) is 9.12. The summed E-state index contributed by atoms with van der Waals surface area (Å²) in [6.45, 7) is -0.239. The number of rotatable bonds is 9. The number of nitrogens with one attached hydrogen (secondary N) is 1. The Labute approximate surface area is 214 Å². The molecule has 0 bridgehead atoms. The van der Waals surface area contributed by atoms with E-state index in [4.69, 9.17) is 4.74 Å². The molecule has 7 nitrogen and oxygen atoms in total. The number of pyridine rings is 1. The van der Waals surface area contributed by atoms with Crippen molar-refractivity contribution in [3.05, 3.63) is 53.6 Å². The maximum Gasteiger partial charge on any atom is 0.406 e. The molecule has 1 atom stereocenters. The second kappa shape index (κ2) is 11.2. The van der Waals surface area contributed by atoms with Crippen LogP contribution >= 0.6 is 0 Å². The van der Waals surface area contributed by atoms with Gasteiger partial charge in [0.15, 0.2) is 0 Å². The van der Waals surface area contributed by atoms with Crippen LogP contribution in [0.5, 0.6) is 5.75 Å². The summed E-state index contributed by atoms with van der Waals surface area (Å²) in [5.74, 6) is -0.147. The molecule has 0 unspecified atom stereocenters. The van der Waals surface area contributed by atoms with Crippen molar-refractivity contribution in [3.63, 3.8) is 0 Å². The van der Waals surface area contributed by atoms with Gasteiger partial charge in [-0.3, -0.25) is 9.78 Å². The largest absolute Gasteiger partial charge is 0.492 e. The number of carbonyl (C=O) groups is 1. The summed E-state index contributed by atoms with van der Waals surface area (Å²) in [4.78, 5) is 21.5. The highest BCUT2D eigenvalue weighted by Crippen LogP contribution is 2.26. The summed E-state index contributed by atoms with van der Waals surface area (Å²) >= 11 is 0. The molecule has 2 aromatic heterocycles. The van der Waals surface area contributed by atoms with E-state index >= 15 is 0 Å². The van der Waals surface area contributed by atoms with E-state index in [2.05, 4.69) is 15.3 Å². The van der Waals surface area contributed by atoms with E-state index in [1.165, 1.54) is 18.2 Å². The average molecular weight is 544 g/mol. The van der Waals surface area contributed by atoms with Crippen LogP contribution in [0.1, 0.15) is 41.6 Å². The first kappa shape index (κ1) is 27.7. The number of alkyl halides is 6. The summed E-state index contributed by atoms with van der Waals surface area (Å²) in [6.07, 6.45) is -6.10. The molecule has 1 saturated heterocycles. The number of nitrogens with zero attached hydrogens (tertiary/aromatic N) is 4. The van der Waals surface area contributed by atoms with Crippen molar-refractivity contribution in [2.75, 3.05) is 26.2 Å². The van der Waals surface area contributed by atoms with Crippen molar-refractivity contribution in [3.8, 4) is 5.75 Å². The maximum atomic E-state index is 12.9. The van der Waals surface area contributed by atoms with Crippen LogP contribution in [0.4, 0.5) is 26.3 Å². The van der Waals surface area contributed by atoms with E-state index in [1.807, 2.05) is 11.5 Å². The fraction of sp³-hybridized carbons (Fsp3) is 0.480. The van der Waals surface area contributed by atoms with Crippen LogP contribution in [0.15, 0.2) is 36.5 Å². The smallest absolute Gasteiger partial charge is 0.406 e. The lowest BCUT2D eigenvalue weighted by Crippen LogP contribution is -2.44. The molecule has 1 aliphatic rings. The quantitative estimate of drug-likeness (QED) is 0.395. The zero-order valence-electron chi connectivity index (χ0n) is 20.6. The number of aromatic nitrogens is 3. The fourth-order valence-electron chi connectivity index (χ4n) is 4.53. The molecule has 1 aliphatic heterocycles. The lowest BCUT2D eigenvalue weighted by Gasteiger charge is -2.25. The number of imidazole rings is 1. The van der Waals surface area contributed by atoms with Gasteiger partial charge in [-0.1, -0.05) is 0 Å². The Hall–Kier alpha value is -3.35. The van der Waals surface area contributed by atoms with E-state index in [0.717, 1.165) is 19.4 Å². The minimum Gasteiger partial charge on any atom is -0.492 e. The molecule has 1 aromatic carbocycles. The van der Waals surface area contributed by atoms with Gasteiger partial charge in [0.25, 0.3) is 5.91 Å². The van der Waals surface area contributed by atoms with E-state index in [9.17, 15) is 31.1 Å². The fourth-order valence-corrected chi connectivity index (χ4v) is 4.53. The van der Waals surface area contributed by atoms with Crippen molar-refractivity contribution in [2.24, 2.45) is 0 Å². The molecule has 1 N–H and O–H groups in total. The molecule has 0 saturated carbocycles. The first-order valence-electron chi connectivity index (χ1n) is 12.1.